The zero-order valence-corrected chi connectivity index (χ0v) is 11.2. The van der Waals surface area contributed by atoms with Crippen LogP contribution in [0.5, 0.6) is 0 Å². The highest BCUT2D eigenvalue weighted by Crippen LogP contribution is 2.02. The lowest BCUT2D eigenvalue weighted by atomic mass is 10.1. The molecule has 0 aromatic heterocycles. The second-order valence-electron chi connectivity index (χ2n) is 4.15. The number of hydrogen-bond donors (Lipinski definition) is 1. The van der Waals surface area contributed by atoms with Gasteiger partial charge in [0.25, 0.3) is 0 Å². The molecular weight excluding hydrogens is 234 g/mol. The van der Waals surface area contributed by atoms with Crippen molar-refractivity contribution in [3.63, 3.8) is 0 Å². The van der Waals surface area contributed by atoms with Crippen molar-refractivity contribution in [1.82, 2.24) is 4.72 Å². The third-order valence-corrected chi connectivity index (χ3v) is 3.81. The molecule has 0 unspecified atom stereocenters. The second-order valence-corrected chi connectivity index (χ2v) is 6.45. The second kappa shape index (κ2) is 8.36. The van der Waals surface area contributed by atoms with E-state index in [9.17, 15) is 8.42 Å². The van der Waals surface area contributed by atoms with Gasteiger partial charge in [-0.3, -0.25) is 0 Å². The molecule has 15 heavy (non-hydrogen) atoms. The van der Waals surface area contributed by atoms with Crippen LogP contribution in [0.25, 0.3) is 0 Å². The van der Waals surface area contributed by atoms with E-state index in [1.165, 1.54) is 0 Å². The lowest BCUT2D eigenvalue weighted by molar-refractivity contribution is 0.539. The Morgan fingerprint density at radius 3 is 2.40 bits per heavy atom. The van der Waals surface area contributed by atoms with Crippen molar-refractivity contribution in [3.05, 3.63) is 0 Å². The van der Waals surface area contributed by atoms with Gasteiger partial charge in [-0.2, -0.15) is 0 Å². The third-order valence-electron chi connectivity index (χ3n) is 2.08. The average molecular weight is 256 g/mol. The summed E-state index contributed by atoms with van der Waals surface area (Å²) in [4.78, 5) is 0. The summed E-state index contributed by atoms with van der Waals surface area (Å²) in [6, 6.07) is 0. The number of hydrogen-bond acceptors (Lipinski definition) is 2. The molecule has 5 heteroatoms. The van der Waals surface area contributed by atoms with Gasteiger partial charge in [0.1, 0.15) is 0 Å². The van der Waals surface area contributed by atoms with Gasteiger partial charge in [0, 0.05) is 12.4 Å². The maximum absolute atomic E-state index is 11.4. The van der Waals surface area contributed by atoms with Crippen LogP contribution in [0.15, 0.2) is 0 Å². The Morgan fingerprint density at radius 2 is 1.87 bits per heavy atom. The summed E-state index contributed by atoms with van der Waals surface area (Å²) in [6.07, 6.45) is 3.37. The molecule has 0 saturated heterocycles. The first-order chi connectivity index (χ1) is 6.98. The summed E-state index contributed by atoms with van der Waals surface area (Å²) >= 11 is 5.48. The van der Waals surface area contributed by atoms with Crippen LogP contribution in [0.3, 0.4) is 0 Å². The molecular formula is C10H22ClNO2S. The Kier molecular flexibility index (Phi) is 8.47. The largest absolute Gasteiger partial charge is 0.215 e. The number of nitrogens with one attached hydrogen (secondary N) is 1. The predicted molar refractivity (Wildman–Crippen MR) is 65.8 cm³/mol. The standard InChI is InChI=1S/C10H22ClNO2S/c1-10(2)6-5-8-12-15(13,14)9-4-3-7-11/h10,12H,3-9H2,1-2H3. The molecule has 0 amide bonds. The van der Waals surface area contributed by atoms with E-state index in [-0.39, 0.29) is 5.75 Å². The molecule has 0 aromatic carbocycles. The SMILES string of the molecule is CC(C)CCCNS(=O)(=O)CCCCCl. The molecule has 1 N–H and O–H groups in total. The highest BCUT2D eigenvalue weighted by atomic mass is 35.5. The molecule has 0 aliphatic carbocycles. The van der Waals surface area contributed by atoms with Gasteiger partial charge >= 0.3 is 0 Å². The van der Waals surface area contributed by atoms with E-state index in [1.54, 1.807) is 0 Å². The van der Waals surface area contributed by atoms with E-state index in [0.29, 0.717) is 24.8 Å². The Balaban J connectivity index is 3.56. The van der Waals surface area contributed by atoms with E-state index in [2.05, 4.69) is 18.6 Å². The zero-order valence-electron chi connectivity index (χ0n) is 9.63. The van der Waals surface area contributed by atoms with Gasteiger partial charge in [-0.15, -0.1) is 11.6 Å². The van der Waals surface area contributed by atoms with E-state index in [4.69, 9.17) is 11.6 Å². The van der Waals surface area contributed by atoms with Crippen LogP contribution in [0.2, 0.25) is 0 Å². The molecule has 0 aliphatic rings. The molecule has 0 rings (SSSR count). The van der Waals surface area contributed by atoms with Crippen molar-refractivity contribution in [2.24, 2.45) is 5.92 Å². The Hall–Kier alpha value is 0.200. The monoisotopic (exact) mass is 255 g/mol. The summed E-state index contributed by atoms with van der Waals surface area (Å²) in [5.74, 6) is 1.36. The highest BCUT2D eigenvalue weighted by Gasteiger charge is 2.08. The highest BCUT2D eigenvalue weighted by molar-refractivity contribution is 7.89. The average Bonchev–Trinajstić information content (AvgIpc) is 2.13. The van der Waals surface area contributed by atoms with E-state index < -0.39 is 10.0 Å². The van der Waals surface area contributed by atoms with Crippen molar-refractivity contribution >= 4 is 21.6 Å². The summed E-state index contributed by atoms with van der Waals surface area (Å²) in [5.41, 5.74) is 0. The maximum Gasteiger partial charge on any atom is 0.211 e. The summed E-state index contributed by atoms with van der Waals surface area (Å²) in [7, 11) is -3.06. The van der Waals surface area contributed by atoms with Gasteiger partial charge in [-0.1, -0.05) is 13.8 Å². The number of alkyl halides is 1. The van der Waals surface area contributed by atoms with Crippen molar-refractivity contribution in [3.8, 4) is 0 Å². The van der Waals surface area contributed by atoms with Crippen molar-refractivity contribution in [1.29, 1.82) is 0 Å². The van der Waals surface area contributed by atoms with Crippen molar-refractivity contribution in [2.75, 3.05) is 18.2 Å². The molecule has 0 bridgehead atoms. The third kappa shape index (κ3) is 10.5. The van der Waals surface area contributed by atoms with Crippen LogP contribution in [0, 0.1) is 5.92 Å². The zero-order chi connectivity index (χ0) is 11.7. The Morgan fingerprint density at radius 1 is 1.20 bits per heavy atom. The minimum absolute atomic E-state index is 0.196. The summed E-state index contributed by atoms with van der Waals surface area (Å²) < 4.78 is 25.4. The molecule has 0 atom stereocenters. The topological polar surface area (TPSA) is 46.2 Å². The van der Waals surface area contributed by atoms with Crippen LogP contribution in [-0.2, 0) is 10.0 Å². The molecule has 3 nitrogen and oxygen atoms in total. The molecule has 0 aliphatic heterocycles. The summed E-state index contributed by atoms with van der Waals surface area (Å²) in [5, 5.41) is 0. The summed E-state index contributed by atoms with van der Waals surface area (Å²) in [6.45, 7) is 4.82. The van der Waals surface area contributed by atoms with Crippen molar-refractivity contribution < 1.29 is 8.42 Å². The first-order valence-electron chi connectivity index (χ1n) is 5.51. The number of halogens is 1. The first kappa shape index (κ1) is 15.2. The minimum Gasteiger partial charge on any atom is -0.215 e. The quantitative estimate of drug-likeness (QED) is 0.508. The fourth-order valence-electron chi connectivity index (χ4n) is 1.20. The Labute approximate surface area is 98.6 Å². The van der Waals surface area contributed by atoms with Gasteiger partial charge in [0.15, 0.2) is 0 Å². The van der Waals surface area contributed by atoms with Gasteiger partial charge in [-0.05, 0) is 31.6 Å². The molecule has 0 spiro atoms. The maximum atomic E-state index is 11.4. The fourth-order valence-corrected chi connectivity index (χ4v) is 2.57. The van der Waals surface area contributed by atoms with Gasteiger partial charge in [0.2, 0.25) is 10.0 Å². The van der Waals surface area contributed by atoms with Crippen LogP contribution >= 0.6 is 11.6 Å². The minimum atomic E-state index is -3.06. The number of unbranched alkanes of at least 4 members (excludes halogenated alkanes) is 1. The van der Waals surface area contributed by atoms with E-state index in [0.717, 1.165) is 19.3 Å². The lowest BCUT2D eigenvalue weighted by Gasteiger charge is -2.07. The van der Waals surface area contributed by atoms with Crippen LogP contribution in [0.4, 0.5) is 0 Å². The van der Waals surface area contributed by atoms with E-state index >= 15 is 0 Å². The number of rotatable bonds is 9. The van der Waals surface area contributed by atoms with Gasteiger partial charge < -0.3 is 0 Å². The molecule has 92 valence electrons. The molecule has 0 heterocycles. The van der Waals surface area contributed by atoms with Gasteiger partial charge in [0.05, 0.1) is 5.75 Å². The smallest absolute Gasteiger partial charge is 0.211 e. The Bertz CT molecular complexity index is 240. The lowest BCUT2D eigenvalue weighted by Crippen LogP contribution is -2.27. The van der Waals surface area contributed by atoms with Crippen LogP contribution in [0.1, 0.15) is 39.5 Å². The molecule has 0 saturated carbocycles. The number of sulfonamides is 1. The molecule has 0 fully saturated rings. The van der Waals surface area contributed by atoms with Crippen LogP contribution in [-0.4, -0.2) is 26.6 Å². The van der Waals surface area contributed by atoms with Crippen molar-refractivity contribution in [2.45, 2.75) is 39.5 Å². The normalized spacial score (nSPS) is 12.3. The van der Waals surface area contributed by atoms with Gasteiger partial charge in [-0.25, -0.2) is 13.1 Å². The molecule has 0 aromatic rings. The fraction of sp³-hybridized carbons (Fsp3) is 1.00. The first-order valence-corrected chi connectivity index (χ1v) is 7.70. The predicted octanol–water partition coefficient (Wildman–Crippen LogP) is 2.36. The van der Waals surface area contributed by atoms with E-state index in [1.807, 2.05) is 0 Å². The van der Waals surface area contributed by atoms with Crippen LogP contribution < -0.4 is 4.72 Å². The molecule has 0 radical (unpaired) electrons.